The fourth-order valence-corrected chi connectivity index (χ4v) is 3.51. The molecule has 1 atom stereocenters. The Morgan fingerprint density at radius 2 is 1.89 bits per heavy atom. The molecule has 1 N–H and O–H groups in total. The Bertz CT molecular complexity index is 336. The van der Waals surface area contributed by atoms with E-state index in [0.717, 1.165) is 32.1 Å². The van der Waals surface area contributed by atoms with Crippen LogP contribution in [-0.2, 0) is 9.59 Å². The number of rotatable bonds is 3. The van der Waals surface area contributed by atoms with Crippen molar-refractivity contribution in [3.05, 3.63) is 0 Å². The highest BCUT2D eigenvalue weighted by Gasteiger charge is 2.49. The summed E-state index contributed by atoms with van der Waals surface area (Å²) in [6.45, 7) is 2.50. The van der Waals surface area contributed by atoms with Gasteiger partial charge in [0.2, 0.25) is 5.91 Å². The van der Waals surface area contributed by atoms with Gasteiger partial charge in [-0.05, 0) is 32.1 Å². The number of carbonyl (C=O) groups is 2. The fourth-order valence-electron chi connectivity index (χ4n) is 3.51. The number of nitrogens with zero attached hydrogens (tertiary/aromatic N) is 1. The molecule has 0 aromatic heterocycles. The first-order valence-corrected chi connectivity index (χ1v) is 7.16. The molecule has 1 aliphatic carbocycles. The summed E-state index contributed by atoms with van der Waals surface area (Å²) in [4.78, 5) is 25.8. The number of hydrogen-bond acceptors (Lipinski definition) is 2. The lowest BCUT2D eigenvalue weighted by atomic mass is 9.86. The van der Waals surface area contributed by atoms with Crippen LogP contribution in [0.5, 0.6) is 0 Å². The van der Waals surface area contributed by atoms with E-state index in [4.69, 9.17) is 0 Å². The summed E-state index contributed by atoms with van der Waals surface area (Å²) in [6, 6.07) is 0. The summed E-state index contributed by atoms with van der Waals surface area (Å²) in [7, 11) is 0. The quantitative estimate of drug-likeness (QED) is 0.840. The van der Waals surface area contributed by atoms with Crippen LogP contribution in [0.4, 0.5) is 0 Å². The van der Waals surface area contributed by atoms with Crippen LogP contribution in [0.25, 0.3) is 0 Å². The molecule has 18 heavy (non-hydrogen) atoms. The van der Waals surface area contributed by atoms with Crippen LogP contribution in [0.15, 0.2) is 0 Å². The second-order valence-electron chi connectivity index (χ2n) is 5.62. The largest absolute Gasteiger partial charge is 0.479 e. The van der Waals surface area contributed by atoms with Crippen molar-refractivity contribution in [1.82, 2.24) is 4.90 Å². The van der Waals surface area contributed by atoms with Crippen molar-refractivity contribution < 1.29 is 14.7 Å². The fraction of sp³-hybridized carbons (Fsp3) is 0.857. The number of hydrogen-bond donors (Lipinski definition) is 1. The molecule has 1 heterocycles. The second-order valence-corrected chi connectivity index (χ2v) is 5.62. The van der Waals surface area contributed by atoms with Gasteiger partial charge in [-0.1, -0.05) is 26.2 Å². The van der Waals surface area contributed by atoms with Gasteiger partial charge in [-0.3, -0.25) is 4.79 Å². The van der Waals surface area contributed by atoms with E-state index in [-0.39, 0.29) is 11.8 Å². The van der Waals surface area contributed by atoms with Crippen LogP contribution < -0.4 is 0 Å². The van der Waals surface area contributed by atoms with Crippen LogP contribution >= 0.6 is 0 Å². The SMILES string of the molecule is CCC1(C(=O)O)CCCN1C(=O)C1CCCCC1. The Kier molecular flexibility index (Phi) is 3.93. The van der Waals surface area contributed by atoms with E-state index >= 15 is 0 Å². The highest BCUT2D eigenvalue weighted by Crippen LogP contribution is 2.36. The van der Waals surface area contributed by atoms with E-state index < -0.39 is 11.5 Å². The minimum absolute atomic E-state index is 0.0714. The summed E-state index contributed by atoms with van der Waals surface area (Å²) in [5.74, 6) is -0.662. The highest BCUT2D eigenvalue weighted by atomic mass is 16.4. The summed E-state index contributed by atoms with van der Waals surface area (Å²) in [5, 5.41) is 9.49. The van der Waals surface area contributed by atoms with Crippen molar-refractivity contribution in [3.63, 3.8) is 0 Å². The Balaban J connectivity index is 2.15. The van der Waals surface area contributed by atoms with Gasteiger partial charge < -0.3 is 10.0 Å². The molecule has 1 saturated carbocycles. The van der Waals surface area contributed by atoms with E-state index in [1.165, 1.54) is 6.42 Å². The lowest BCUT2D eigenvalue weighted by molar-refractivity contribution is -0.159. The predicted octanol–water partition coefficient (Wildman–Crippen LogP) is 2.42. The molecule has 4 heteroatoms. The normalized spacial score (nSPS) is 29.5. The standard InChI is InChI=1S/C14H23NO3/c1-2-14(13(17)18)9-6-10-15(14)12(16)11-7-4-3-5-8-11/h11H,2-10H2,1H3,(H,17,18). The van der Waals surface area contributed by atoms with Gasteiger partial charge >= 0.3 is 5.97 Å². The van der Waals surface area contributed by atoms with Crippen LogP contribution in [0.3, 0.4) is 0 Å². The van der Waals surface area contributed by atoms with Crippen molar-refractivity contribution in [1.29, 1.82) is 0 Å². The van der Waals surface area contributed by atoms with Crippen molar-refractivity contribution >= 4 is 11.9 Å². The first-order valence-electron chi connectivity index (χ1n) is 7.16. The van der Waals surface area contributed by atoms with Gasteiger partial charge in [-0.25, -0.2) is 4.79 Å². The van der Waals surface area contributed by atoms with Gasteiger partial charge in [-0.2, -0.15) is 0 Å². The number of likely N-dealkylation sites (tertiary alicyclic amines) is 1. The zero-order valence-electron chi connectivity index (χ0n) is 11.2. The number of carboxylic acids is 1. The van der Waals surface area contributed by atoms with E-state index in [1.807, 2.05) is 6.92 Å². The molecule has 1 aliphatic heterocycles. The lowest BCUT2D eigenvalue weighted by Gasteiger charge is -2.37. The third-order valence-corrected chi connectivity index (χ3v) is 4.69. The molecule has 0 radical (unpaired) electrons. The van der Waals surface area contributed by atoms with Gasteiger partial charge in [0.05, 0.1) is 0 Å². The van der Waals surface area contributed by atoms with Gasteiger partial charge in [0.25, 0.3) is 0 Å². The molecule has 1 amide bonds. The third kappa shape index (κ3) is 2.13. The van der Waals surface area contributed by atoms with Crippen LogP contribution in [0, 0.1) is 5.92 Å². The average Bonchev–Trinajstić information content (AvgIpc) is 2.84. The number of amides is 1. The minimum atomic E-state index is -0.922. The Labute approximate surface area is 108 Å². The van der Waals surface area contributed by atoms with E-state index in [1.54, 1.807) is 4.90 Å². The summed E-state index contributed by atoms with van der Waals surface area (Å²) in [5.41, 5.74) is -0.922. The smallest absolute Gasteiger partial charge is 0.329 e. The van der Waals surface area contributed by atoms with Crippen LogP contribution in [-0.4, -0.2) is 34.0 Å². The second kappa shape index (κ2) is 5.29. The number of carbonyl (C=O) groups excluding carboxylic acids is 1. The molecule has 2 aliphatic rings. The molecule has 0 spiro atoms. The maximum Gasteiger partial charge on any atom is 0.329 e. The molecule has 102 valence electrons. The zero-order valence-corrected chi connectivity index (χ0v) is 11.2. The van der Waals surface area contributed by atoms with Crippen molar-refractivity contribution in [3.8, 4) is 0 Å². The van der Waals surface area contributed by atoms with Crippen LogP contribution in [0.1, 0.15) is 58.3 Å². The van der Waals surface area contributed by atoms with Crippen LogP contribution in [0.2, 0.25) is 0 Å². The van der Waals surface area contributed by atoms with Crippen molar-refractivity contribution in [2.75, 3.05) is 6.54 Å². The van der Waals surface area contributed by atoms with Gasteiger partial charge in [-0.15, -0.1) is 0 Å². The van der Waals surface area contributed by atoms with Gasteiger partial charge in [0, 0.05) is 12.5 Å². The van der Waals surface area contributed by atoms with Crippen molar-refractivity contribution in [2.45, 2.75) is 63.8 Å². The predicted molar refractivity (Wildman–Crippen MR) is 68.2 cm³/mol. The zero-order chi connectivity index (χ0) is 13.2. The topological polar surface area (TPSA) is 57.6 Å². The molecule has 2 fully saturated rings. The van der Waals surface area contributed by atoms with E-state index in [9.17, 15) is 14.7 Å². The van der Waals surface area contributed by atoms with Gasteiger partial charge in [0.15, 0.2) is 0 Å². The monoisotopic (exact) mass is 253 g/mol. The molecule has 0 bridgehead atoms. The Hall–Kier alpha value is -1.06. The molecule has 0 aromatic rings. The third-order valence-electron chi connectivity index (χ3n) is 4.69. The van der Waals surface area contributed by atoms with Gasteiger partial charge in [0.1, 0.15) is 5.54 Å². The summed E-state index contributed by atoms with van der Waals surface area (Å²) < 4.78 is 0. The molecule has 0 aromatic carbocycles. The first kappa shape index (κ1) is 13.4. The van der Waals surface area contributed by atoms with E-state index in [2.05, 4.69) is 0 Å². The Morgan fingerprint density at radius 1 is 1.22 bits per heavy atom. The average molecular weight is 253 g/mol. The molecular formula is C14H23NO3. The molecule has 1 saturated heterocycles. The first-order chi connectivity index (χ1) is 8.62. The maximum atomic E-state index is 12.5. The molecule has 1 unspecified atom stereocenters. The lowest BCUT2D eigenvalue weighted by Crippen LogP contribution is -2.54. The Morgan fingerprint density at radius 3 is 2.44 bits per heavy atom. The van der Waals surface area contributed by atoms with E-state index in [0.29, 0.717) is 19.4 Å². The molecule has 2 rings (SSSR count). The number of carboxylic acid groups (broad SMARTS) is 1. The van der Waals surface area contributed by atoms with Crippen molar-refractivity contribution in [2.24, 2.45) is 5.92 Å². The highest BCUT2D eigenvalue weighted by molar-refractivity contribution is 5.88. The maximum absolute atomic E-state index is 12.5. The minimum Gasteiger partial charge on any atom is -0.479 e. The summed E-state index contributed by atoms with van der Waals surface area (Å²) >= 11 is 0. The molecule has 4 nitrogen and oxygen atoms in total. The summed E-state index contributed by atoms with van der Waals surface area (Å²) in [6.07, 6.45) is 7.24. The number of aliphatic carboxylic acids is 1. The molecular weight excluding hydrogens is 230 g/mol.